The largest absolute Gasteiger partial charge is 0.471 e. The quantitative estimate of drug-likeness (QED) is 0.477. The zero-order valence-electron chi connectivity index (χ0n) is 22.1. The molecule has 2 amide bonds. The summed E-state index contributed by atoms with van der Waals surface area (Å²) in [6.45, 7) is 4.35. The van der Waals surface area contributed by atoms with Crippen molar-refractivity contribution < 1.29 is 27.5 Å². The Morgan fingerprint density at radius 1 is 1.16 bits per heavy atom. The summed E-state index contributed by atoms with van der Waals surface area (Å²) in [5.41, 5.74) is 1.90. The van der Waals surface area contributed by atoms with Crippen LogP contribution in [0.15, 0.2) is 48.7 Å². The Balaban J connectivity index is 1.66. The minimum atomic E-state index is -5.02. The molecule has 8 nitrogen and oxygen atoms in total. The molecule has 208 valence electrons. The predicted molar refractivity (Wildman–Crippen MR) is 137 cm³/mol. The molecule has 0 saturated carbocycles. The molecular formula is C27H36F3N5O3. The Kier molecular flexibility index (Phi) is 10.6. The predicted octanol–water partition coefficient (Wildman–Crippen LogP) is 2.86. The molecule has 1 fully saturated rings. The van der Waals surface area contributed by atoms with Crippen molar-refractivity contribution in [2.24, 2.45) is 5.92 Å². The number of nitrogens with one attached hydrogen (secondary N) is 1. The molecule has 1 aliphatic rings. The lowest BCUT2D eigenvalue weighted by Crippen LogP contribution is -2.50. The molecule has 0 aliphatic carbocycles. The van der Waals surface area contributed by atoms with Crippen molar-refractivity contribution in [1.29, 1.82) is 0 Å². The number of nitrogens with zero attached hydrogens (tertiary/aromatic N) is 4. The van der Waals surface area contributed by atoms with Crippen molar-refractivity contribution in [1.82, 2.24) is 25.0 Å². The fraction of sp³-hybridized carbons (Fsp3) is 0.519. The monoisotopic (exact) mass is 535 g/mol. The lowest BCUT2D eigenvalue weighted by Gasteiger charge is -2.40. The normalized spacial score (nSPS) is 18.0. The van der Waals surface area contributed by atoms with Crippen LogP contribution in [0.25, 0.3) is 0 Å². The van der Waals surface area contributed by atoms with Crippen molar-refractivity contribution in [3.8, 4) is 0 Å². The number of aromatic nitrogens is 1. The average molecular weight is 536 g/mol. The number of amides is 2. The minimum absolute atomic E-state index is 0.0486. The summed E-state index contributed by atoms with van der Waals surface area (Å²) < 4.78 is 46.3. The van der Waals surface area contributed by atoms with Crippen LogP contribution in [-0.2, 0) is 27.3 Å². The van der Waals surface area contributed by atoms with Crippen molar-refractivity contribution >= 4 is 11.8 Å². The molecule has 1 aromatic heterocycles. The van der Waals surface area contributed by atoms with E-state index in [-0.39, 0.29) is 38.1 Å². The molecule has 1 aliphatic heterocycles. The van der Waals surface area contributed by atoms with E-state index in [0.717, 1.165) is 17.0 Å². The van der Waals surface area contributed by atoms with E-state index >= 15 is 0 Å². The summed E-state index contributed by atoms with van der Waals surface area (Å²) in [6, 6.07) is 12.6. The number of hydrogen-bond donors (Lipinski definition) is 1. The molecular weight excluding hydrogens is 499 g/mol. The molecule has 0 bridgehead atoms. The molecule has 3 rings (SSSR count). The summed E-state index contributed by atoms with van der Waals surface area (Å²) in [5.74, 6) is -2.25. The zero-order valence-corrected chi connectivity index (χ0v) is 22.1. The van der Waals surface area contributed by atoms with Crippen LogP contribution in [0, 0.1) is 5.92 Å². The van der Waals surface area contributed by atoms with Gasteiger partial charge in [-0.3, -0.25) is 14.6 Å². The molecule has 2 heterocycles. The second kappa shape index (κ2) is 13.7. The van der Waals surface area contributed by atoms with Gasteiger partial charge in [0, 0.05) is 50.4 Å². The summed E-state index contributed by atoms with van der Waals surface area (Å²) in [7, 11) is 3.89. The first-order chi connectivity index (χ1) is 18.1. The van der Waals surface area contributed by atoms with Gasteiger partial charge >= 0.3 is 12.1 Å². The Morgan fingerprint density at radius 2 is 1.89 bits per heavy atom. The molecule has 11 heteroatoms. The topological polar surface area (TPSA) is 78.0 Å². The number of rotatable bonds is 11. The highest BCUT2D eigenvalue weighted by atomic mass is 19.4. The van der Waals surface area contributed by atoms with Crippen LogP contribution in [0.5, 0.6) is 0 Å². The van der Waals surface area contributed by atoms with Gasteiger partial charge in [-0.05, 0) is 45.1 Å². The van der Waals surface area contributed by atoms with E-state index in [1.54, 1.807) is 17.0 Å². The van der Waals surface area contributed by atoms with Crippen molar-refractivity contribution in [3.63, 3.8) is 0 Å². The maximum atomic E-state index is 13.5. The molecule has 2 atom stereocenters. The number of ether oxygens (including phenoxy) is 1. The lowest BCUT2D eigenvalue weighted by atomic mass is 9.97. The van der Waals surface area contributed by atoms with E-state index < -0.39 is 18.3 Å². The van der Waals surface area contributed by atoms with Crippen molar-refractivity contribution in [2.75, 3.05) is 53.4 Å². The van der Waals surface area contributed by atoms with Crippen LogP contribution < -0.4 is 5.32 Å². The van der Waals surface area contributed by atoms with E-state index in [2.05, 4.69) is 10.3 Å². The standard InChI is InChI=1S/C27H36F3N5O3/c1-4-34(13-12-33(2)3)24(36)17-31-16-23-15-22(10-11-32-23)25-35(26(37)27(28,29)30)18-21(19-38-25)14-20-8-6-5-7-9-20/h5-11,15,21,25,31H,4,12-14,16-19H2,1-3H3. The second-order valence-electron chi connectivity index (χ2n) is 9.66. The number of pyridine rings is 1. The van der Waals surface area contributed by atoms with Crippen LogP contribution in [0.2, 0.25) is 0 Å². The van der Waals surface area contributed by atoms with E-state index in [4.69, 9.17) is 4.74 Å². The maximum absolute atomic E-state index is 13.5. The van der Waals surface area contributed by atoms with Gasteiger partial charge in [0.2, 0.25) is 5.91 Å². The van der Waals surface area contributed by atoms with Crippen molar-refractivity contribution in [3.05, 3.63) is 65.5 Å². The van der Waals surface area contributed by atoms with Crippen LogP contribution in [0.3, 0.4) is 0 Å². The van der Waals surface area contributed by atoms with Gasteiger partial charge in [0.15, 0.2) is 6.23 Å². The van der Waals surface area contributed by atoms with Gasteiger partial charge in [-0.1, -0.05) is 30.3 Å². The number of alkyl halides is 3. The summed E-state index contributed by atoms with van der Waals surface area (Å²) in [4.78, 5) is 33.7. The van der Waals surface area contributed by atoms with Gasteiger partial charge in [-0.25, -0.2) is 0 Å². The zero-order chi connectivity index (χ0) is 27.7. The fourth-order valence-corrected chi connectivity index (χ4v) is 4.38. The fourth-order valence-electron chi connectivity index (χ4n) is 4.38. The first kappa shape index (κ1) is 29.5. The van der Waals surface area contributed by atoms with Gasteiger partial charge in [0.25, 0.3) is 0 Å². The van der Waals surface area contributed by atoms with Gasteiger partial charge in [0.05, 0.1) is 18.8 Å². The number of likely N-dealkylation sites (N-methyl/N-ethyl adjacent to an activating group) is 2. The van der Waals surface area contributed by atoms with Crippen LogP contribution >= 0.6 is 0 Å². The third-order valence-corrected chi connectivity index (χ3v) is 6.36. The number of carbonyl (C=O) groups is 2. The van der Waals surface area contributed by atoms with E-state index in [1.807, 2.05) is 56.3 Å². The average Bonchev–Trinajstić information content (AvgIpc) is 2.88. The highest BCUT2D eigenvalue weighted by Crippen LogP contribution is 2.33. The van der Waals surface area contributed by atoms with Crippen LogP contribution in [0.1, 0.15) is 30.0 Å². The molecule has 1 N–H and O–H groups in total. The van der Waals surface area contributed by atoms with E-state index in [9.17, 15) is 22.8 Å². The first-order valence-corrected chi connectivity index (χ1v) is 12.7. The molecule has 2 unspecified atom stereocenters. The van der Waals surface area contributed by atoms with Gasteiger partial charge in [0.1, 0.15) is 0 Å². The minimum Gasteiger partial charge on any atom is -0.354 e. The number of benzene rings is 1. The summed E-state index contributed by atoms with van der Waals surface area (Å²) in [5, 5.41) is 3.06. The van der Waals surface area contributed by atoms with E-state index in [1.165, 1.54) is 6.20 Å². The van der Waals surface area contributed by atoms with Crippen LogP contribution in [-0.4, -0.2) is 91.1 Å². The highest BCUT2D eigenvalue weighted by Gasteiger charge is 2.47. The smallest absolute Gasteiger partial charge is 0.354 e. The Labute approximate surface area is 221 Å². The van der Waals surface area contributed by atoms with Crippen LogP contribution in [0.4, 0.5) is 13.2 Å². The van der Waals surface area contributed by atoms with Gasteiger partial charge in [-0.15, -0.1) is 0 Å². The lowest BCUT2D eigenvalue weighted by molar-refractivity contribution is -0.208. The Morgan fingerprint density at radius 3 is 2.55 bits per heavy atom. The molecule has 1 aromatic carbocycles. The summed E-state index contributed by atoms with van der Waals surface area (Å²) >= 11 is 0. The second-order valence-corrected chi connectivity index (χ2v) is 9.66. The van der Waals surface area contributed by atoms with Gasteiger partial charge < -0.3 is 24.8 Å². The number of hydrogen-bond acceptors (Lipinski definition) is 6. The highest BCUT2D eigenvalue weighted by molar-refractivity contribution is 5.82. The molecule has 38 heavy (non-hydrogen) atoms. The summed E-state index contributed by atoms with van der Waals surface area (Å²) in [6.07, 6.45) is -4.23. The SMILES string of the molecule is CCN(CCN(C)C)C(=O)CNCc1cc(C2OCC(Cc3ccccc3)CN2C(=O)C(F)(F)F)ccn1. The Bertz CT molecular complexity index is 1050. The molecule has 1 saturated heterocycles. The molecule has 0 spiro atoms. The molecule has 0 radical (unpaired) electrons. The number of carbonyl (C=O) groups excluding carboxylic acids is 2. The molecule has 2 aromatic rings. The third-order valence-electron chi connectivity index (χ3n) is 6.36. The van der Waals surface area contributed by atoms with Gasteiger partial charge in [-0.2, -0.15) is 13.2 Å². The first-order valence-electron chi connectivity index (χ1n) is 12.7. The van der Waals surface area contributed by atoms with E-state index in [0.29, 0.717) is 30.8 Å². The third kappa shape index (κ3) is 8.50. The van der Waals surface area contributed by atoms with Crippen molar-refractivity contribution in [2.45, 2.75) is 32.3 Å². The Hall–Kier alpha value is -3.02. The maximum Gasteiger partial charge on any atom is 0.471 e. The number of halogens is 3.